The first-order valence-electron chi connectivity index (χ1n) is 6.47. The van der Waals surface area contributed by atoms with Crippen molar-refractivity contribution in [2.75, 3.05) is 33.2 Å². The Morgan fingerprint density at radius 1 is 1.28 bits per heavy atom. The van der Waals surface area contributed by atoms with Crippen LogP contribution >= 0.6 is 11.6 Å². The molecule has 18 heavy (non-hydrogen) atoms. The van der Waals surface area contributed by atoms with Gasteiger partial charge in [-0.25, -0.2) is 4.39 Å². The molecule has 0 spiro atoms. The van der Waals surface area contributed by atoms with Crippen LogP contribution < -0.4 is 5.32 Å². The molecule has 102 valence electrons. The highest BCUT2D eigenvalue weighted by molar-refractivity contribution is 6.31. The van der Waals surface area contributed by atoms with Crippen LogP contribution in [-0.2, 0) is 6.42 Å². The SMILES string of the molecule is CCCNCCN(C)CCc1c(F)cccc1Cl. The average molecular weight is 273 g/mol. The summed E-state index contributed by atoms with van der Waals surface area (Å²) >= 11 is 5.99. The topological polar surface area (TPSA) is 15.3 Å². The molecule has 0 bridgehead atoms. The molecule has 0 aliphatic rings. The lowest BCUT2D eigenvalue weighted by atomic mass is 10.1. The van der Waals surface area contributed by atoms with Crippen molar-refractivity contribution in [2.45, 2.75) is 19.8 Å². The molecule has 0 saturated heterocycles. The van der Waals surface area contributed by atoms with Gasteiger partial charge in [0.15, 0.2) is 0 Å². The molecule has 2 nitrogen and oxygen atoms in total. The van der Waals surface area contributed by atoms with E-state index in [1.807, 2.05) is 7.05 Å². The second-order valence-electron chi connectivity index (χ2n) is 4.50. The molecule has 1 rings (SSSR count). The van der Waals surface area contributed by atoms with E-state index in [0.717, 1.165) is 32.6 Å². The lowest BCUT2D eigenvalue weighted by Crippen LogP contribution is -2.31. The van der Waals surface area contributed by atoms with E-state index in [4.69, 9.17) is 11.6 Å². The number of rotatable bonds is 8. The summed E-state index contributed by atoms with van der Waals surface area (Å²) in [6.45, 7) is 5.94. The molecule has 4 heteroatoms. The van der Waals surface area contributed by atoms with Gasteiger partial charge < -0.3 is 10.2 Å². The standard InChI is InChI=1S/C14H22ClFN2/c1-3-8-17-9-11-18(2)10-7-12-13(15)5-4-6-14(12)16/h4-6,17H,3,7-11H2,1-2H3. The Labute approximate surface area is 114 Å². The zero-order valence-electron chi connectivity index (χ0n) is 11.2. The van der Waals surface area contributed by atoms with Gasteiger partial charge in [0.2, 0.25) is 0 Å². The maximum atomic E-state index is 13.5. The molecule has 0 radical (unpaired) electrons. The maximum Gasteiger partial charge on any atom is 0.127 e. The van der Waals surface area contributed by atoms with E-state index in [9.17, 15) is 4.39 Å². The molecular weight excluding hydrogens is 251 g/mol. The van der Waals surface area contributed by atoms with Crippen molar-refractivity contribution in [3.8, 4) is 0 Å². The first-order valence-corrected chi connectivity index (χ1v) is 6.85. The predicted octanol–water partition coefficient (Wildman–Crippen LogP) is 2.95. The quantitative estimate of drug-likeness (QED) is 0.732. The highest BCUT2D eigenvalue weighted by Crippen LogP contribution is 2.19. The van der Waals surface area contributed by atoms with Gasteiger partial charge in [-0.2, -0.15) is 0 Å². The molecule has 0 unspecified atom stereocenters. The van der Waals surface area contributed by atoms with Crippen LogP contribution in [0.2, 0.25) is 5.02 Å². The van der Waals surface area contributed by atoms with E-state index in [0.29, 0.717) is 17.0 Å². The van der Waals surface area contributed by atoms with Gasteiger partial charge in [-0.15, -0.1) is 0 Å². The summed E-state index contributed by atoms with van der Waals surface area (Å²) in [4.78, 5) is 2.19. The van der Waals surface area contributed by atoms with Crippen LogP contribution in [0.3, 0.4) is 0 Å². The van der Waals surface area contributed by atoms with E-state index in [2.05, 4.69) is 17.1 Å². The third-order valence-corrected chi connectivity index (χ3v) is 3.26. The molecule has 1 aromatic carbocycles. The lowest BCUT2D eigenvalue weighted by Gasteiger charge is -2.17. The van der Waals surface area contributed by atoms with Gasteiger partial charge in [0.1, 0.15) is 5.82 Å². The summed E-state index contributed by atoms with van der Waals surface area (Å²) < 4.78 is 13.5. The van der Waals surface area contributed by atoms with Gasteiger partial charge in [0, 0.05) is 30.2 Å². The van der Waals surface area contributed by atoms with Crippen LogP contribution in [0.4, 0.5) is 4.39 Å². The molecule has 0 amide bonds. The Bertz CT molecular complexity index is 337. The number of nitrogens with zero attached hydrogens (tertiary/aromatic N) is 1. The summed E-state index contributed by atoms with van der Waals surface area (Å²) in [5.74, 6) is -0.208. The van der Waals surface area contributed by atoms with Gasteiger partial charge in [-0.1, -0.05) is 24.6 Å². The van der Waals surface area contributed by atoms with Crippen molar-refractivity contribution in [1.82, 2.24) is 10.2 Å². The summed E-state index contributed by atoms with van der Waals surface area (Å²) in [7, 11) is 2.04. The van der Waals surface area contributed by atoms with Crippen molar-refractivity contribution in [3.05, 3.63) is 34.6 Å². The molecule has 0 aliphatic carbocycles. The second-order valence-corrected chi connectivity index (χ2v) is 4.91. The van der Waals surface area contributed by atoms with E-state index in [1.165, 1.54) is 6.07 Å². The van der Waals surface area contributed by atoms with Crippen molar-refractivity contribution in [1.29, 1.82) is 0 Å². The van der Waals surface area contributed by atoms with Crippen LogP contribution in [0.5, 0.6) is 0 Å². The minimum atomic E-state index is -0.208. The van der Waals surface area contributed by atoms with Crippen LogP contribution in [0.25, 0.3) is 0 Å². The minimum absolute atomic E-state index is 0.208. The fourth-order valence-corrected chi connectivity index (χ4v) is 2.01. The molecule has 1 N–H and O–H groups in total. The van der Waals surface area contributed by atoms with E-state index in [1.54, 1.807) is 12.1 Å². The number of hydrogen-bond acceptors (Lipinski definition) is 2. The zero-order chi connectivity index (χ0) is 13.4. The van der Waals surface area contributed by atoms with Gasteiger partial charge in [0.05, 0.1) is 0 Å². The van der Waals surface area contributed by atoms with Crippen LogP contribution in [0, 0.1) is 5.82 Å². The first-order chi connectivity index (χ1) is 8.65. The Hall–Kier alpha value is -0.640. The Morgan fingerprint density at radius 3 is 2.72 bits per heavy atom. The van der Waals surface area contributed by atoms with E-state index < -0.39 is 0 Å². The summed E-state index contributed by atoms with van der Waals surface area (Å²) in [6, 6.07) is 4.84. The zero-order valence-corrected chi connectivity index (χ0v) is 11.9. The third-order valence-electron chi connectivity index (χ3n) is 2.90. The molecule has 0 saturated carbocycles. The Kier molecular flexibility index (Phi) is 7.25. The second kappa shape index (κ2) is 8.46. The highest BCUT2D eigenvalue weighted by atomic mass is 35.5. The summed E-state index contributed by atoms with van der Waals surface area (Å²) in [5, 5.41) is 3.87. The van der Waals surface area contributed by atoms with E-state index in [-0.39, 0.29) is 5.82 Å². The molecular formula is C14H22ClFN2. The lowest BCUT2D eigenvalue weighted by molar-refractivity contribution is 0.334. The Balaban J connectivity index is 2.31. The number of likely N-dealkylation sites (N-methyl/N-ethyl adjacent to an activating group) is 1. The van der Waals surface area contributed by atoms with Crippen molar-refractivity contribution >= 4 is 11.6 Å². The largest absolute Gasteiger partial charge is 0.315 e. The molecule has 1 aromatic rings. The van der Waals surface area contributed by atoms with E-state index >= 15 is 0 Å². The first kappa shape index (κ1) is 15.4. The molecule has 0 aromatic heterocycles. The predicted molar refractivity (Wildman–Crippen MR) is 75.8 cm³/mol. The fraction of sp³-hybridized carbons (Fsp3) is 0.571. The van der Waals surface area contributed by atoms with Gasteiger partial charge in [-0.05, 0) is 38.6 Å². The highest BCUT2D eigenvalue weighted by Gasteiger charge is 2.07. The van der Waals surface area contributed by atoms with Gasteiger partial charge in [0.25, 0.3) is 0 Å². The van der Waals surface area contributed by atoms with Crippen LogP contribution in [0.1, 0.15) is 18.9 Å². The van der Waals surface area contributed by atoms with Crippen molar-refractivity contribution in [3.63, 3.8) is 0 Å². The molecule has 0 heterocycles. The van der Waals surface area contributed by atoms with Gasteiger partial charge in [-0.3, -0.25) is 0 Å². The minimum Gasteiger partial charge on any atom is -0.315 e. The number of hydrogen-bond donors (Lipinski definition) is 1. The van der Waals surface area contributed by atoms with Gasteiger partial charge >= 0.3 is 0 Å². The molecule has 0 aliphatic heterocycles. The number of benzene rings is 1. The number of halogens is 2. The summed E-state index contributed by atoms with van der Waals surface area (Å²) in [5.41, 5.74) is 0.618. The van der Waals surface area contributed by atoms with Crippen molar-refractivity contribution in [2.24, 2.45) is 0 Å². The number of nitrogens with one attached hydrogen (secondary N) is 1. The van der Waals surface area contributed by atoms with Crippen LogP contribution in [-0.4, -0.2) is 38.1 Å². The summed E-state index contributed by atoms with van der Waals surface area (Å²) in [6.07, 6.45) is 1.80. The maximum absolute atomic E-state index is 13.5. The molecule has 0 atom stereocenters. The monoisotopic (exact) mass is 272 g/mol. The average Bonchev–Trinajstić information content (AvgIpc) is 2.34. The fourth-order valence-electron chi connectivity index (χ4n) is 1.76. The van der Waals surface area contributed by atoms with Crippen molar-refractivity contribution < 1.29 is 4.39 Å². The third kappa shape index (κ3) is 5.34. The Morgan fingerprint density at radius 2 is 2.06 bits per heavy atom. The molecule has 0 fully saturated rings. The van der Waals surface area contributed by atoms with Crippen LogP contribution in [0.15, 0.2) is 18.2 Å². The smallest absolute Gasteiger partial charge is 0.127 e. The normalized spacial score (nSPS) is 11.2.